The van der Waals surface area contributed by atoms with E-state index in [-0.39, 0.29) is 23.7 Å². The summed E-state index contributed by atoms with van der Waals surface area (Å²) in [6.07, 6.45) is 5.01. The monoisotopic (exact) mass is 374 g/mol. The van der Waals surface area contributed by atoms with Crippen LogP contribution < -0.4 is 10.2 Å². The lowest BCUT2D eigenvalue weighted by atomic mass is 9.81. The van der Waals surface area contributed by atoms with Crippen LogP contribution in [0.5, 0.6) is 0 Å². The van der Waals surface area contributed by atoms with Crippen LogP contribution >= 0.6 is 0 Å². The number of carbonyl (C=O) groups excluding carboxylic acids is 2. The van der Waals surface area contributed by atoms with Gasteiger partial charge in [-0.3, -0.25) is 9.59 Å². The van der Waals surface area contributed by atoms with Gasteiger partial charge in [0.25, 0.3) is 0 Å². The Balaban J connectivity index is 1.41. The molecule has 0 spiro atoms. The highest BCUT2D eigenvalue weighted by Gasteiger charge is 2.33. The van der Waals surface area contributed by atoms with Crippen molar-refractivity contribution in [3.63, 3.8) is 0 Å². The van der Waals surface area contributed by atoms with Crippen LogP contribution in [0.15, 0.2) is 24.4 Å². The zero-order valence-electron chi connectivity index (χ0n) is 16.1. The topological polar surface area (TPSA) is 74.8 Å². The first kappa shape index (κ1) is 19.6. The minimum Gasteiger partial charge on any atom is -0.383 e. The summed E-state index contributed by atoms with van der Waals surface area (Å²) >= 11 is 0. The fourth-order valence-corrected chi connectivity index (χ4v) is 3.98. The largest absolute Gasteiger partial charge is 0.383 e. The lowest BCUT2D eigenvalue weighted by Gasteiger charge is -2.38. The molecule has 148 valence electrons. The highest BCUT2D eigenvalue weighted by Crippen LogP contribution is 2.30. The van der Waals surface area contributed by atoms with Crippen molar-refractivity contribution >= 4 is 17.6 Å². The molecule has 7 heteroatoms. The van der Waals surface area contributed by atoms with Crippen LogP contribution in [0.25, 0.3) is 0 Å². The molecule has 2 aliphatic rings. The van der Waals surface area contributed by atoms with E-state index in [1.807, 2.05) is 23.1 Å². The number of pyridine rings is 1. The Bertz CT molecular complexity index is 609. The van der Waals surface area contributed by atoms with Crippen LogP contribution in [0, 0.1) is 11.8 Å². The molecule has 0 bridgehead atoms. The number of methoxy groups -OCH3 is 1. The molecule has 2 fully saturated rings. The van der Waals surface area contributed by atoms with E-state index in [1.165, 1.54) is 0 Å². The average molecular weight is 374 g/mol. The highest BCUT2D eigenvalue weighted by molar-refractivity contribution is 5.81. The Morgan fingerprint density at radius 2 is 1.81 bits per heavy atom. The number of piperazine rings is 1. The number of nitrogens with zero attached hydrogens (tertiary/aromatic N) is 3. The van der Waals surface area contributed by atoms with Crippen molar-refractivity contribution in [3.8, 4) is 0 Å². The van der Waals surface area contributed by atoms with Crippen LogP contribution in [0.3, 0.4) is 0 Å². The second kappa shape index (κ2) is 9.69. The number of rotatable bonds is 6. The van der Waals surface area contributed by atoms with Gasteiger partial charge in [-0.05, 0) is 37.8 Å². The normalized spacial score (nSPS) is 23.1. The molecular weight excluding hydrogens is 344 g/mol. The SMILES string of the molecule is COCCNC(=O)C1CCC(C(=O)N2CCN(c3ccccn3)CC2)CC1. The van der Waals surface area contributed by atoms with Gasteiger partial charge in [-0.25, -0.2) is 4.98 Å². The van der Waals surface area contributed by atoms with Crippen molar-refractivity contribution < 1.29 is 14.3 Å². The van der Waals surface area contributed by atoms with Crippen molar-refractivity contribution in [2.75, 3.05) is 51.3 Å². The second-order valence-corrected chi connectivity index (χ2v) is 7.33. The molecule has 0 radical (unpaired) electrons. The summed E-state index contributed by atoms with van der Waals surface area (Å²) in [6.45, 7) is 4.21. The summed E-state index contributed by atoms with van der Waals surface area (Å²) < 4.78 is 4.96. The maximum absolute atomic E-state index is 12.9. The molecule has 0 atom stereocenters. The van der Waals surface area contributed by atoms with E-state index in [0.717, 1.165) is 57.7 Å². The third-order valence-electron chi connectivity index (χ3n) is 5.62. The first-order chi connectivity index (χ1) is 13.2. The standard InChI is InChI=1S/C20H30N4O3/c1-27-15-10-22-19(25)16-5-7-17(8-6-16)20(26)24-13-11-23(12-14-24)18-4-2-3-9-21-18/h2-4,9,16-17H,5-8,10-15H2,1H3,(H,22,25). The van der Waals surface area contributed by atoms with E-state index < -0.39 is 0 Å². The molecule has 0 unspecified atom stereocenters. The van der Waals surface area contributed by atoms with Gasteiger partial charge in [0.15, 0.2) is 0 Å². The summed E-state index contributed by atoms with van der Waals surface area (Å²) in [4.78, 5) is 33.6. The maximum atomic E-state index is 12.9. The van der Waals surface area contributed by atoms with Gasteiger partial charge in [-0.2, -0.15) is 0 Å². The molecule has 2 heterocycles. The van der Waals surface area contributed by atoms with Crippen molar-refractivity contribution in [2.24, 2.45) is 11.8 Å². The Morgan fingerprint density at radius 1 is 1.11 bits per heavy atom. The molecule has 2 amide bonds. The summed E-state index contributed by atoms with van der Waals surface area (Å²) in [5.41, 5.74) is 0. The molecule has 3 rings (SSSR count). The van der Waals surface area contributed by atoms with E-state index in [9.17, 15) is 9.59 Å². The van der Waals surface area contributed by atoms with Crippen molar-refractivity contribution in [2.45, 2.75) is 25.7 Å². The third kappa shape index (κ3) is 5.19. The number of anilines is 1. The number of hydrogen-bond acceptors (Lipinski definition) is 5. The molecule has 1 saturated heterocycles. The summed E-state index contributed by atoms with van der Waals surface area (Å²) in [6, 6.07) is 5.91. The van der Waals surface area contributed by atoms with Crippen LogP contribution in [0.4, 0.5) is 5.82 Å². The summed E-state index contributed by atoms with van der Waals surface area (Å²) in [5.74, 6) is 1.43. The van der Waals surface area contributed by atoms with E-state index in [4.69, 9.17) is 4.74 Å². The van der Waals surface area contributed by atoms with Gasteiger partial charge in [-0.15, -0.1) is 0 Å². The predicted octanol–water partition coefficient (Wildman–Crippen LogP) is 1.30. The fourth-order valence-electron chi connectivity index (χ4n) is 3.98. The van der Waals surface area contributed by atoms with Crippen LogP contribution in [-0.2, 0) is 14.3 Å². The highest BCUT2D eigenvalue weighted by atomic mass is 16.5. The number of hydrogen-bond donors (Lipinski definition) is 1. The number of carbonyl (C=O) groups is 2. The van der Waals surface area contributed by atoms with Gasteiger partial charge in [0.05, 0.1) is 6.61 Å². The molecular formula is C20H30N4O3. The van der Waals surface area contributed by atoms with Gasteiger partial charge in [-0.1, -0.05) is 6.07 Å². The Kier molecular flexibility index (Phi) is 7.04. The van der Waals surface area contributed by atoms with Crippen molar-refractivity contribution in [1.29, 1.82) is 0 Å². The van der Waals surface area contributed by atoms with Gasteiger partial charge in [0.1, 0.15) is 5.82 Å². The van der Waals surface area contributed by atoms with Gasteiger partial charge < -0.3 is 19.9 Å². The first-order valence-electron chi connectivity index (χ1n) is 9.90. The van der Waals surface area contributed by atoms with E-state index in [0.29, 0.717) is 13.2 Å². The molecule has 1 aromatic rings. The van der Waals surface area contributed by atoms with E-state index in [1.54, 1.807) is 13.3 Å². The molecule has 27 heavy (non-hydrogen) atoms. The van der Waals surface area contributed by atoms with Crippen molar-refractivity contribution in [3.05, 3.63) is 24.4 Å². The second-order valence-electron chi connectivity index (χ2n) is 7.33. The molecule has 1 aliphatic carbocycles. The molecule has 7 nitrogen and oxygen atoms in total. The Labute approximate surface area is 161 Å². The molecule has 1 N–H and O–H groups in total. The van der Waals surface area contributed by atoms with Gasteiger partial charge in [0, 0.05) is 57.9 Å². The maximum Gasteiger partial charge on any atom is 0.225 e. The third-order valence-corrected chi connectivity index (χ3v) is 5.62. The zero-order valence-corrected chi connectivity index (χ0v) is 16.1. The van der Waals surface area contributed by atoms with Crippen LogP contribution in [0.2, 0.25) is 0 Å². The minimum atomic E-state index is 0.0342. The number of ether oxygens (including phenoxy) is 1. The summed E-state index contributed by atoms with van der Waals surface area (Å²) in [5, 5.41) is 2.91. The van der Waals surface area contributed by atoms with Gasteiger partial charge >= 0.3 is 0 Å². The molecule has 1 aromatic heterocycles. The molecule has 0 aromatic carbocycles. The Morgan fingerprint density at radius 3 is 2.44 bits per heavy atom. The smallest absolute Gasteiger partial charge is 0.225 e. The van der Waals surface area contributed by atoms with Crippen molar-refractivity contribution in [1.82, 2.24) is 15.2 Å². The van der Waals surface area contributed by atoms with E-state index in [2.05, 4.69) is 15.2 Å². The van der Waals surface area contributed by atoms with Crippen LogP contribution in [0.1, 0.15) is 25.7 Å². The Hall–Kier alpha value is -2.15. The zero-order chi connectivity index (χ0) is 19.1. The summed E-state index contributed by atoms with van der Waals surface area (Å²) in [7, 11) is 1.62. The average Bonchev–Trinajstić information content (AvgIpc) is 2.74. The molecule has 1 aliphatic heterocycles. The van der Waals surface area contributed by atoms with Gasteiger partial charge in [0.2, 0.25) is 11.8 Å². The van der Waals surface area contributed by atoms with Crippen LogP contribution in [-0.4, -0.2) is 68.1 Å². The fraction of sp³-hybridized carbons (Fsp3) is 0.650. The molecule has 1 saturated carbocycles. The number of amides is 2. The lowest BCUT2D eigenvalue weighted by Crippen LogP contribution is -2.51. The number of nitrogens with one attached hydrogen (secondary N) is 1. The number of aromatic nitrogens is 1. The minimum absolute atomic E-state index is 0.0342. The quantitative estimate of drug-likeness (QED) is 0.760. The lowest BCUT2D eigenvalue weighted by molar-refractivity contribution is -0.138. The van der Waals surface area contributed by atoms with E-state index >= 15 is 0 Å². The predicted molar refractivity (Wildman–Crippen MR) is 103 cm³/mol. The first-order valence-corrected chi connectivity index (χ1v) is 9.90.